The predicted octanol–water partition coefficient (Wildman–Crippen LogP) is 2.94. The fourth-order valence-corrected chi connectivity index (χ4v) is 2.35. The minimum absolute atomic E-state index is 0.122. The highest BCUT2D eigenvalue weighted by molar-refractivity contribution is 5.94. The number of aromatic nitrogens is 2. The van der Waals surface area contributed by atoms with Crippen LogP contribution in [0.15, 0.2) is 36.7 Å². The Morgan fingerprint density at radius 1 is 1.29 bits per heavy atom. The molecule has 2 aromatic rings. The van der Waals surface area contributed by atoms with Crippen LogP contribution in [0.1, 0.15) is 31.6 Å². The van der Waals surface area contributed by atoms with Crippen LogP contribution in [0.3, 0.4) is 0 Å². The van der Waals surface area contributed by atoms with Gasteiger partial charge in [0, 0.05) is 36.7 Å². The zero-order valence-electron chi connectivity index (χ0n) is 12.3. The molecule has 2 N–H and O–H groups in total. The van der Waals surface area contributed by atoms with Crippen molar-refractivity contribution in [2.75, 3.05) is 10.6 Å². The summed E-state index contributed by atoms with van der Waals surface area (Å²) in [6, 6.07) is 7.92. The molecule has 1 amide bonds. The fourth-order valence-electron chi connectivity index (χ4n) is 2.35. The van der Waals surface area contributed by atoms with E-state index < -0.39 is 0 Å². The molecule has 21 heavy (non-hydrogen) atoms. The fraction of sp³-hybridized carbons (Fsp3) is 0.375. The number of hydrogen-bond acceptors (Lipinski definition) is 3. The highest BCUT2D eigenvalue weighted by Crippen LogP contribution is 2.30. The lowest BCUT2D eigenvalue weighted by atomic mass is 10.2. The van der Waals surface area contributed by atoms with E-state index in [1.54, 1.807) is 6.20 Å². The Morgan fingerprint density at radius 3 is 2.52 bits per heavy atom. The van der Waals surface area contributed by atoms with E-state index in [0.717, 1.165) is 30.0 Å². The van der Waals surface area contributed by atoms with Crippen LogP contribution in [0.4, 0.5) is 11.4 Å². The molecule has 1 aromatic heterocycles. The second-order valence-electron chi connectivity index (χ2n) is 5.60. The molecule has 0 bridgehead atoms. The van der Waals surface area contributed by atoms with Crippen LogP contribution < -0.4 is 10.6 Å². The molecule has 110 valence electrons. The number of rotatable bonds is 5. The van der Waals surface area contributed by atoms with Crippen molar-refractivity contribution >= 4 is 17.3 Å². The number of aryl methyl sites for hydroxylation is 1. The molecule has 1 unspecified atom stereocenters. The van der Waals surface area contributed by atoms with Crippen molar-refractivity contribution in [2.45, 2.75) is 25.8 Å². The molecule has 1 saturated carbocycles. The average Bonchev–Trinajstić information content (AvgIpc) is 3.23. The predicted molar refractivity (Wildman–Crippen MR) is 83.0 cm³/mol. The maximum Gasteiger partial charge on any atom is 0.227 e. The van der Waals surface area contributed by atoms with Crippen LogP contribution in [-0.2, 0) is 11.8 Å². The SMILES string of the molecule is CC(Nc1ccc(NC(=O)C2CC2)cc1)c1nccn1C. The van der Waals surface area contributed by atoms with E-state index in [2.05, 4.69) is 22.5 Å². The van der Waals surface area contributed by atoms with Crippen LogP contribution in [-0.4, -0.2) is 15.5 Å². The first kappa shape index (κ1) is 13.7. The number of nitrogens with one attached hydrogen (secondary N) is 2. The summed E-state index contributed by atoms with van der Waals surface area (Å²) in [6.45, 7) is 2.07. The van der Waals surface area contributed by atoms with Gasteiger partial charge in [0.15, 0.2) is 0 Å². The topological polar surface area (TPSA) is 58.9 Å². The Hall–Kier alpha value is -2.30. The van der Waals surface area contributed by atoms with Gasteiger partial charge in [-0.25, -0.2) is 4.98 Å². The zero-order chi connectivity index (χ0) is 14.8. The number of nitrogens with zero attached hydrogens (tertiary/aromatic N) is 2. The lowest BCUT2D eigenvalue weighted by Crippen LogP contribution is -2.14. The Kier molecular flexibility index (Phi) is 3.64. The van der Waals surface area contributed by atoms with Gasteiger partial charge in [-0.15, -0.1) is 0 Å². The molecule has 5 heteroatoms. The molecule has 1 aliphatic carbocycles. The third-order valence-electron chi connectivity index (χ3n) is 3.73. The molecule has 1 heterocycles. The third-order valence-corrected chi connectivity index (χ3v) is 3.73. The van der Waals surface area contributed by atoms with E-state index in [1.807, 2.05) is 42.1 Å². The van der Waals surface area contributed by atoms with Crippen molar-refractivity contribution in [3.63, 3.8) is 0 Å². The maximum atomic E-state index is 11.7. The second kappa shape index (κ2) is 5.60. The van der Waals surface area contributed by atoms with Crippen LogP contribution in [0, 0.1) is 5.92 Å². The van der Waals surface area contributed by atoms with E-state index >= 15 is 0 Å². The molecule has 1 aliphatic rings. The van der Waals surface area contributed by atoms with Crippen molar-refractivity contribution in [2.24, 2.45) is 13.0 Å². The standard InChI is InChI=1S/C16H20N4O/c1-11(15-17-9-10-20(15)2)18-13-5-7-14(8-6-13)19-16(21)12-3-4-12/h5-12,18H,3-4H2,1-2H3,(H,19,21). The minimum atomic E-state index is 0.122. The van der Waals surface area contributed by atoms with Gasteiger partial charge in [-0.1, -0.05) is 0 Å². The number of hydrogen-bond donors (Lipinski definition) is 2. The van der Waals surface area contributed by atoms with Crippen LogP contribution in [0.2, 0.25) is 0 Å². The number of anilines is 2. The Labute approximate surface area is 124 Å². The van der Waals surface area contributed by atoms with Crippen LogP contribution in [0.25, 0.3) is 0 Å². The zero-order valence-corrected chi connectivity index (χ0v) is 12.3. The maximum absolute atomic E-state index is 11.7. The van der Waals surface area contributed by atoms with Crippen LogP contribution in [0.5, 0.6) is 0 Å². The van der Waals surface area contributed by atoms with Crippen molar-refractivity contribution in [3.05, 3.63) is 42.5 Å². The first-order valence-electron chi connectivity index (χ1n) is 7.28. The summed E-state index contributed by atoms with van der Waals surface area (Å²) in [5.41, 5.74) is 1.86. The van der Waals surface area contributed by atoms with Gasteiger partial charge in [0.25, 0.3) is 0 Å². The van der Waals surface area contributed by atoms with Crippen molar-refractivity contribution in [3.8, 4) is 0 Å². The van der Waals surface area contributed by atoms with E-state index in [4.69, 9.17) is 0 Å². The lowest BCUT2D eigenvalue weighted by Gasteiger charge is -2.15. The van der Waals surface area contributed by atoms with Gasteiger partial charge < -0.3 is 15.2 Å². The van der Waals surface area contributed by atoms with Crippen molar-refractivity contribution in [1.82, 2.24) is 9.55 Å². The minimum Gasteiger partial charge on any atom is -0.375 e. The molecule has 1 aromatic carbocycles. The Morgan fingerprint density at radius 2 is 1.95 bits per heavy atom. The number of benzene rings is 1. The first-order chi connectivity index (χ1) is 10.1. The molecule has 0 spiro atoms. The van der Waals surface area contributed by atoms with Crippen molar-refractivity contribution in [1.29, 1.82) is 0 Å². The lowest BCUT2D eigenvalue weighted by molar-refractivity contribution is -0.117. The van der Waals surface area contributed by atoms with E-state index in [1.165, 1.54) is 0 Å². The monoisotopic (exact) mass is 284 g/mol. The summed E-state index contributed by atoms with van der Waals surface area (Å²) in [5, 5.41) is 6.34. The van der Waals surface area contributed by atoms with Gasteiger partial charge >= 0.3 is 0 Å². The quantitative estimate of drug-likeness (QED) is 0.887. The average molecular weight is 284 g/mol. The van der Waals surface area contributed by atoms with Gasteiger partial charge in [-0.05, 0) is 44.0 Å². The van der Waals surface area contributed by atoms with Gasteiger partial charge in [-0.2, -0.15) is 0 Å². The summed E-state index contributed by atoms with van der Waals surface area (Å²) in [5.74, 6) is 1.35. The second-order valence-corrected chi connectivity index (χ2v) is 5.60. The molecule has 5 nitrogen and oxygen atoms in total. The summed E-state index contributed by atoms with van der Waals surface area (Å²) in [6.07, 6.45) is 5.77. The van der Waals surface area contributed by atoms with Crippen LogP contribution >= 0.6 is 0 Å². The van der Waals surface area contributed by atoms with Gasteiger partial charge in [0.2, 0.25) is 5.91 Å². The summed E-state index contributed by atoms with van der Waals surface area (Å²) in [7, 11) is 1.98. The molecule has 1 fully saturated rings. The molecular weight excluding hydrogens is 264 g/mol. The molecule has 0 radical (unpaired) electrons. The number of carbonyl (C=O) groups excluding carboxylic acids is 1. The summed E-state index contributed by atoms with van der Waals surface area (Å²) in [4.78, 5) is 16.0. The number of amides is 1. The smallest absolute Gasteiger partial charge is 0.227 e. The molecular formula is C16H20N4O. The van der Waals surface area contributed by atoms with Gasteiger partial charge in [0.05, 0.1) is 6.04 Å². The summed E-state index contributed by atoms with van der Waals surface area (Å²) >= 11 is 0. The largest absolute Gasteiger partial charge is 0.375 e. The molecule has 0 aliphatic heterocycles. The highest BCUT2D eigenvalue weighted by atomic mass is 16.2. The normalized spacial score (nSPS) is 15.5. The highest BCUT2D eigenvalue weighted by Gasteiger charge is 2.29. The molecule has 1 atom stereocenters. The third kappa shape index (κ3) is 3.24. The number of carbonyl (C=O) groups is 1. The van der Waals surface area contributed by atoms with E-state index in [-0.39, 0.29) is 17.9 Å². The number of imidazole rings is 1. The van der Waals surface area contributed by atoms with E-state index in [9.17, 15) is 4.79 Å². The molecule has 0 saturated heterocycles. The van der Waals surface area contributed by atoms with Crippen molar-refractivity contribution < 1.29 is 4.79 Å². The van der Waals surface area contributed by atoms with Gasteiger partial charge in [0.1, 0.15) is 5.82 Å². The van der Waals surface area contributed by atoms with E-state index in [0.29, 0.717) is 0 Å². The first-order valence-corrected chi connectivity index (χ1v) is 7.28. The Balaban J connectivity index is 1.61. The molecule has 3 rings (SSSR count). The Bertz CT molecular complexity index is 628. The summed E-state index contributed by atoms with van der Waals surface area (Å²) < 4.78 is 2.00. The van der Waals surface area contributed by atoms with Gasteiger partial charge in [-0.3, -0.25) is 4.79 Å².